The Hall–Kier alpha value is -2.67. The van der Waals surface area contributed by atoms with Gasteiger partial charge < -0.3 is 14.6 Å². The third kappa shape index (κ3) is 2.99. The highest BCUT2D eigenvalue weighted by Gasteiger charge is 2.66. The summed E-state index contributed by atoms with van der Waals surface area (Å²) in [6.07, 6.45) is -4.27. The molecule has 4 nitrogen and oxygen atoms in total. The highest BCUT2D eigenvalue weighted by molar-refractivity contribution is 6.30. The van der Waals surface area contributed by atoms with Gasteiger partial charge in [-0.25, -0.2) is 4.79 Å². The Bertz CT molecular complexity index is 908. The molecule has 0 bridgehead atoms. The summed E-state index contributed by atoms with van der Waals surface area (Å²) in [5.41, 5.74) is -0.562. The number of alkyl halides is 3. The van der Waals surface area contributed by atoms with Gasteiger partial charge in [-0.1, -0.05) is 29.8 Å². The van der Waals surface area contributed by atoms with Crippen LogP contribution in [0.1, 0.15) is 11.1 Å². The van der Waals surface area contributed by atoms with Gasteiger partial charge in [0.05, 0.1) is 0 Å². The number of carboxylic acids is 1. The van der Waals surface area contributed by atoms with Crippen molar-refractivity contribution in [2.24, 2.45) is 0 Å². The summed E-state index contributed by atoms with van der Waals surface area (Å²) < 4.78 is 52.3. The van der Waals surface area contributed by atoms with Crippen molar-refractivity contribution >= 4 is 23.6 Å². The van der Waals surface area contributed by atoms with Gasteiger partial charge in [0.1, 0.15) is 17.1 Å². The molecule has 0 saturated heterocycles. The Labute approximate surface area is 151 Å². The van der Waals surface area contributed by atoms with E-state index in [-0.39, 0.29) is 17.1 Å². The van der Waals surface area contributed by atoms with E-state index in [1.807, 2.05) is 0 Å². The van der Waals surface area contributed by atoms with E-state index in [0.29, 0.717) is 10.6 Å². The van der Waals surface area contributed by atoms with Crippen LogP contribution in [0.15, 0.2) is 48.0 Å². The summed E-state index contributed by atoms with van der Waals surface area (Å²) in [6.45, 7) is 1.49. The van der Waals surface area contributed by atoms with Gasteiger partial charge in [0.2, 0.25) is 0 Å². The predicted octanol–water partition coefficient (Wildman–Crippen LogP) is 4.85. The van der Waals surface area contributed by atoms with E-state index in [9.17, 15) is 23.1 Å². The second-order valence-corrected chi connectivity index (χ2v) is 6.07. The number of carbonyl (C=O) groups is 1. The van der Waals surface area contributed by atoms with E-state index in [1.54, 1.807) is 6.07 Å². The van der Waals surface area contributed by atoms with Crippen LogP contribution in [0.3, 0.4) is 0 Å². The number of carboxylic acid groups (broad SMARTS) is 1. The fourth-order valence-electron chi connectivity index (χ4n) is 2.58. The highest BCUT2D eigenvalue weighted by atomic mass is 35.5. The molecule has 1 N–H and O–H groups in total. The molecule has 1 aliphatic heterocycles. The molecular formula is C18H12ClF3O4. The van der Waals surface area contributed by atoms with Gasteiger partial charge in [-0.15, -0.1) is 0 Å². The minimum atomic E-state index is -5.17. The van der Waals surface area contributed by atoms with Gasteiger partial charge >= 0.3 is 17.9 Å². The number of hydrogen-bond acceptors (Lipinski definition) is 3. The molecule has 3 rings (SSSR count). The van der Waals surface area contributed by atoms with Gasteiger partial charge in [0, 0.05) is 10.6 Å². The zero-order valence-corrected chi connectivity index (χ0v) is 14.1. The van der Waals surface area contributed by atoms with Crippen LogP contribution in [-0.2, 0) is 4.79 Å². The van der Waals surface area contributed by atoms with E-state index < -0.39 is 23.5 Å². The molecule has 0 fully saturated rings. The number of rotatable bonds is 3. The zero-order chi connectivity index (χ0) is 19.1. The molecule has 1 aliphatic rings. The monoisotopic (exact) mass is 384 g/mol. The summed E-state index contributed by atoms with van der Waals surface area (Å²) in [6, 6.07) is 9.77. The Morgan fingerprint density at radius 3 is 2.54 bits per heavy atom. The number of aryl methyl sites for hydroxylation is 1. The molecule has 0 amide bonds. The van der Waals surface area contributed by atoms with Crippen molar-refractivity contribution in [1.82, 2.24) is 0 Å². The zero-order valence-electron chi connectivity index (χ0n) is 13.3. The first kappa shape index (κ1) is 18.1. The second kappa shape index (κ2) is 6.25. The van der Waals surface area contributed by atoms with Crippen LogP contribution in [0.25, 0.3) is 6.08 Å². The van der Waals surface area contributed by atoms with Crippen LogP contribution in [0.5, 0.6) is 11.5 Å². The standard InChI is InChI=1S/C18H12ClF3O4/c1-10-8-12(19)6-7-14(10)25-17(18(20,21)22)13(16(23)24)9-11-4-2-3-5-15(11)26-17/h2-9H,1H3,(H,23,24). The molecule has 1 heterocycles. The molecule has 0 radical (unpaired) electrons. The molecule has 0 aromatic heterocycles. The van der Waals surface area contributed by atoms with Crippen molar-refractivity contribution in [3.63, 3.8) is 0 Å². The fraction of sp³-hybridized carbons (Fsp3) is 0.167. The molecule has 0 saturated carbocycles. The normalized spacial score (nSPS) is 19.2. The second-order valence-electron chi connectivity index (χ2n) is 5.63. The van der Waals surface area contributed by atoms with Crippen molar-refractivity contribution in [3.8, 4) is 11.5 Å². The van der Waals surface area contributed by atoms with Crippen molar-refractivity contribution in [3.05, 3.63) is 64.2 Å². The first-order valence-corrected chi connectivity index (χ1v) is 7.77. The lowest BCUT2D eigenvalue weighted by Gasteiger charge is -2.38. The van der Waals surface area contributed by atoms with Gasteiger partial charge in [-0.05, 0) is 42.8 Å². The van der Waals surface area contributed by atoms with Gasteiger partial charge in [-0.3, -0.25) is 0 Å². The van der Waals surface area contributed by atoms with Gasteiger partial charge in [0.25, 0.3) is 0 Å². The van der Waals surface area contributed by atoms with E-state index in [2.05, 4.69) is 0 Å². The number of ether oxygens (including phenoxy) is 2. The number of para-hydroxylation sites is 1. The summed E-state index contributed by atoms with van der Waals surface area (Å²) in [5, 5.41) is 9.71. The average Bonchev–Trinajstić information content (AvgIpc) is 2.55. The molecule has 2 aromatic rings. The van der Waals surface area contributed by atoms with Crippen LogP contribution in [0, 0.1) is 6.92 Å². The number of hydrogen-bond donors (Lipinski definition) is 1. The topological polar surface area (TPSA) is 55.8 Å². The minimum Gasteiger partial charge on any atom is -0.478 e. The summed E-state index contributed by atoms with van der Waals surface area (Å²) in [5.74, 6) is -5.63. The molecule has 1 atom stereocenters. The summed E-state index contributed by atoms with van der Waals surface area (Å²) >= 11 is 5.82. The average molecular weight is 385 g/mol. The summed E-state index contributed by atoms with van der Waals surface area (Å²) in [7, 11) is 0. The third-order valence-corrected chi connectivity index (χ3v) is 4.06. The third-order valence-electron chi connectivity index (χ3n) is 3.82. The largest absolute Gasteiger partial charge is 0.478 e. The van der Waals surface area contributed by atoms with E-state index >= 15 is 0 Å². The lowest BCUT2D eigenvalue weighted by atomic mass is 9.97. The molecule has 26 heavy (non-hydrogen) atoms. The van der Waals surface area contributed by atoms with Gasteiger partial charge in [-0.2, -0.15) is 13.2 Å². The van der Waals surface area contributed by atoms with Crippen molar-refractivity contribution < 1.29 is 32.5 Å². The van der Waals surface area contributed by atoms with E-state index in [4.69, 9.17) is 21.1 Å². The Morgan fingerprint density at radius 2 is 1.92 bits per heavy atom. The number of aliphatic carboxylic acids is 1. The predicted molar refractivity (Wildman–Crippen MR) is 88.3 cm³/mol. The first-order chi connectivity index (χ1) is 12.1. The molecule has 2 aromatic carbocycles. The molecule has 1 unspecified atom stereocenters. The van der Waals surface area contributed by atoms with E-state index in [0.717, 1.165) is 6.08 Å². The molecule has 0 aliphatic carbocycles. The maximum absolute atomic E-state index is 14.0. The number of halogens is 4. The van der Waals surface area contributed by atoms with Gasteiger partial charge in [0.15, 0.2) is 0 Å². The van der Waals surface area contributed by atoms with Crippen LogP contribution < -0.4 is 9.47 Å². The highest BCUT2D eigenvalue weighted by Crippen LogP contribution is 2.47. The number of fused-ring (bicyclic) bond motifs is 1. The molecule has 8 heteroatoms. The molecule has 0 spiro atoms. The van der Waals surface area contributed by atoms with Crippen molar-refractivity contribution in [1.29, 1.82) is 0 Å². The lowest BCUT2D eigenvalue weighted by molar-refractivity contribution is -0.304. The maximum Gasteiger partial charge on any atom is 0.473 e. The van der Waals surface area contributed by atoms with Crippen LogP contribution in [0.2, 0.25) is 5.02 Å². The summed E-state index contributed by atoms with van der Waals surface area (Å²) in [4.78, 5) is 11.6. The molecule has 136 valence electrons. The molecular weight excluding hydrogens is 373 g/mol. The Morgan fingerprint density at radius 1 is 1.23 bits per heavy atom. The Balaban J connectivity index is 2.20. The van der Waals surface area contributed by atoms with Crippen LogP contribution in [0.4, 0.5) is 13.2 Å². The van der Waals surface area contributed by atoms with E-state index in [1.165, 1.54) is 43.3 Å². The lowest BCUT2D eigenvalue weighted by Crippen LogP contribution is -2.59. The number of benzene rings is 2. The fourth-order valence-corrected chi connectivity index (χ4v) is 2.81. The Kier molecular flexibility index (Phi) is 4.36. The SMILES string of the molecule is Cc1cc(Cl)ccc1OC1(C(F)(F)F)Oc2ccccc2C=C1C(=O)O. The smallest absolute Gasteiger partial charge is 0.473 e. The minimum absolute atomic E-state index is 0.138. The quantitative estimate of drug-likeness (QED) is 0.822. The van der Waals surface area contributed by atoms with Crippen LogP contribution >= 0.6 is 11.6 Å². The first-order valence-electron chi connectivity index (χ1n) is 7.39. The van der Waals surface area contributed by atoms with Crippen LogP contribution in [-0.4, -0.2) is 23.0 Å². The van der Waals surface area contributed by atoms with Crippen molar-refractivity contribution in [2.45, 2.75) is 18.9 Å². The van der Waals surface area contributed by atoms with Crippen molar-refractivity contribution in [2.75, 3.05) is 0 Å². The maximum atomic E-state index is 14.0.